The Labute approximate surface area is 230 Å². The Morgan fingerprint density at radius 3 is 1.97 bits per heavy atom. The number of hydrogen-bond acceptors (Lipinski definition) is 3. The number of nitrogens with zero attached hydrogens (tertiary/aromatic N) is 1. The molecule has 0 atom stereocenters. The molecule has 0 spiro atoms. The number of hydrogen-bond donors (Lipinski definition) is 2. The summed E-state index contributed by atoms with van der Waals surface area (Å²) in [6.45, 7) is 0.800. The molecule has 17 heteroatoms. The van der Waals surface area contributed by atoms with E-state index in [1.165, 1.54) is 13.0 Å². The van der Waals surface area contributed by atoms with E-state index in [-0.39, 0.29) is 30.0 Å². The maximum Gasteiger partial charge on any atom is 0.251 e. The number of halogens is 2. The van der Waals surface area contributed by atoms with Crippen LogP contribution in [0.15, 0.2) is 18.2 Å². The first-order chi connectivity index (χ1) is 16.1. The highest BCUT2D eigenvalue weighted by molar-refractivity contribution is 6.65. The van der Waals surface area contributed by atoms with Crippen molar-refractivity contribution in [2.24, 2.45) is 5.92 Å². The van der Waals surface area contributed by atoms with Gasteiger partial charge in [-0.15, -0.1) is 10.2 Å². The summed E-state index contributed by atoms with van der Waals surface area (Å²) in [6, 6.07) is 3.43. The smallest absolute Gasteiger partial charge is 0.251 e. The molecule has 0 aliphatic carbocycles. The van der Waals surface area contributed by atoms with Crippen LogP contribution in [0.3, 0.4) is 0 Å². The minimum absolute atomic E-state index is 0.0299. The Balaban J connectivity index is 2.12. The van der Waals surface area contributed by atoms with Crippen molar-refractivity contribution in [3.63, 3.8) is 0 Å². The van der Waals surface area contributed by atoms with Crippen molar-refractivity contribution < 1.29 is 14.0 Å². The first kappa shape index (κ1) is 31.2. The number of piperidine rings is 1. The predicted molar refractivity (Wildman–Crippen MR) is 148 cm³/mol. The summed E-state index contributed by atoms with van der Waals surface area (Å²) in [5.41, 5.74) is -1.86. The molecule has 36 heavy (non-hydrogen) atoms. The first-order valence-electron chi connectivity index (χ1n) is 10.8. The molecule has 1 aromatic rings. The van der Waals surface area contributed by atoms with E-state index in [0.29, 0.717) is 0 Å². The van der Waals surface area contributed by atoms with Gasteiger partial charge in [0.2, 0.25) is 5.91 Å². The zero-order chi connectivity index (χ0) is 27.9. The van der Waals surface area contributed by atoms with Gasteiger partial charge in [-0.25, -0.2) is 4.39 Å². The summed E-state index contributed by atoms with van der Waals surface area (Å²) in [5.74, 6) is -2.40. The fourth-order valence-corrected chi connectivity index (χ4v) is 4.34. The number of carbonyl (C=O) groups is 2. The standard InChI is InChI=1S/C19H17B10ClFN3O2/c1-15(18(24,25)26,19(27,28)29)33-13(35)8-34-16(20,21)5-9(6-17(34,22)23)7-32-14(36)10-2-11(30)4-12(31)3-10/h2-4,9H,5-8H2,1H3,(H,32,36)(H,33,35). The van der Waals surface area contributed by atoms with E-state index >= 15 is 0 Å². The second-order valence-electron chi connectivity index (χ2n) is 9.75. The Hall–Kier alpha value is -1.01. The average molecular weight is 482 g/mol. The summed E-state index contributed by atoms with van der Waals surface area (Å²) >= 11 is 5.80. The molecule has 2 N–H and O–H groups in total. The lowest BCUT2D eigenvalue weighted by Gasteiger charge is -2.58. The molecule has 5 nitrogen and oxygen atoms in total. The van der Waals surface area contributed by atoms with Gasteiger partial charge >= 0.3 is 0 Å². The van der Waals surface area contributed by atoms with Crippen molar-refractivity contribution in [1.82, 2.24) is 15.5 Å². The van der Waals surface area contributed by atoms with Crippen molar-refractivity contribution in [2.45, 2.75) is 46.2 Å². The van der Waals surface area contributed by atoms with Crippen LogP contribution in [0.5, 0.6) is 0 Å². The van der Waals surface area contributed by atoms with Crippen LogP contribution in [0.1, 0.15) is 30.1 Å². The number of benzene rings is 1. The number of rotatable bonds is 8. The normalized spacial score (nSPS) is 18.9. The van der Waals surface area contributed by atoms with Crippen LogP contribution in [0.2, 0.25) is 15.2 Å². The Morgan fingerprint density at radius 2 is 1.53 bits per heavy atom. The third kappa shape index (κ3) is 7.09. The lowest BCUT2D eigenvalue weighted by Crippen LogP contribution is -2.71. The Bertz CT molecular complexity index is 950. The highest BCUT2D eigenvalue weighted by atomic mass is 35.5. The minimum atomic E-state index is -2.12. The van der Waals surface area contributed by atoms with Crippen LogP contribution >= 0.6 is 11.6 Å². The van der Waals surface area contributed by atoms with Crippen molar-refractivity contribution >= 4 is 102 Å². The fraction of sp³-hybridized carbons (Fsp3) is 0.579. The van der Waals surface area contributed by atoms with Crippen molar-refractivity contribution in [1.29, 1.82) is 0 Å². The predicted octanol–water partition coefficient (Wildman–Crippen LogP) is -2.06. The molecule has 0 aromatic heterocycles. The molecule has 1 fully saturated rings. The minimum Gasteiger partial charge on any atom is -0.353 e. The summed E-state index contributed by atoms with van der Waals surface area (Å²) in [4.78, 5) is 26.5. The van der Waals surface area contributed by atoms with Crippen LogP contribution in [0, 0.1) is 11.7 Å². The van der Waals surface area contributed by atoms with E-state index in [2.05, 4.69) is 10.6 Å². The van der Waals surface area contributed by atoms with Crippen LogP contribution in [0.25, 0.3) is 0 Å². The van der Waals surface area contributed by atoms with Gasteiger partial charge in [-0.1, -0.05) is 22.3 Å². The second-order valence-corrected chi connectivity index (χ2v) is 10.2. The van der Waals surface area contributed by atoms with E-state index in [9.17, 15) is 14.0 Å². The van der Waals surface area contributed by atoms with Crippen molar-refractivity contribution in [2.75, 3.05) is 13.1 Å². The van der Waals surface area contributed by atoms with Crippen LogP contribution in [0.4, 0.5) is 4.39 Å². The van der Waals surface area contributed by atoms with Gasteiger partial charge < -0.3 is 15.5 Å². The lowest BCUT2D eigenvalue weighted by molar-refractivity contribution is -0.125. The fourth-order valence-electron chi connectivity index (χ4n) is 4.12. The molecule has 0 saturated carbocycles. The Morgan fingerprint density at radius 1 is 1.03 bits per heavy atom. The topological polar surface area (TPSA) is 61.4 Å². The SMILES string of the molecule is [B]C1([B])CC(CNC(=O)c2cc(F)cc(Cl)c2)CC([B])([B])N1CC(=O)NC(C)(C([B])([B])[B])C([B])([B])[B]. The van der Waals surface area contributed by atoms with Crippen LogP contribution in [-0.4, -0.2) is 124 Å². The molecular weight excluding hydrogens is 465 g/mol. The van der Waals surface area contributed by atoms with E-state index in [0.717, 1.165) is 17.0 Å². The molecule has 20 radical (unpaired) electrons. The van der Waals surface area contributed by atoms with E-state index in [4.69, 9.17) is 90.1 Å². The molecule has 0 bridgehead atoms. The van der Waals surface area contributed by atoms with Crippen molar-refractivity contribution in [3.8, 4) is 0 Å². The number of carbonyl (C=O) groups excluding carboxylic acids is 2. The molecular formula is C19H17B10ClFN3O2. The summed E-state index contributed by atoms with van der Waals surface area (Å²) in [5, 5.41) is -2.48. The van der Waals surface area contributed by atoms with Gasteiger partial charge in [-0.3, -0.25) is 9.59 Å². The van der Waals surface area contributed by atoms with E-state index < -0.39 is 56.5 Å². The summed E-state index contributed by atoms with van der Waals surface area (Å²) < 4.78 is 13.6. The molecule has 1 heterocycles. The van der Waals surface area contributed by atoms with E-state index in [1.54, 1.807) is 0 Å². The molecule has 2 amide bonds. The average Bonchev–Trinajstić information content (AvgIpc) is 2.66. The highest BCUT2D eigenvalue weighted by Gasteiger charge is 2.47. The number of likely N-dealkylation sites (tertiary alicyclic amines) is 1. The lowest BCUT2D eigenvalue weighted by atomic mass is 9.22. The van der Waals surface area contributed by atoms with Gasteiger partial charge in [0.1, 0.15) is 5.82 Å². The van der Waals surface area contributed by atoms with E-state index in [1.807, 2.05) is 0 Å². The maximum atomic E-state index is 13.6. The molecule has 1 aliphatic rings. The van der Waals surface area contributed by atoms with Gasteiger partial charge in [-0.2, -0.15) is 0 Å². The van der Waals surface area contributed by atoms with Crippen molar-refractivity contribution in [3.05, 3.63) is 34.6 Å². The molecule has 164 valence electrons. The number of nitrogens with one attached hydrogen (secondary N) is 2. The third-order valence-electron chi connectivity index (χ3n) is 6.34. The maximum absolute atomic E-state index is 13.6. The second kappa shape index (κ2) is 10.6. The monoisotopic (exact) mass is 483 g/mol. The molecule has 1 aromatic carbocycles. The molecule has 0 unspecified atom stereocenters. The van der Waals surface area contributed by atoms with Gasteiger partial charge in [-0.05, 0) is 43.9 Å². The van der Waals surface area contributed by atoms with Crippen LogP contribution in [-0.2, 0) is 4.79 Å². The zero-order valence-corrected chi connectivity index (χ0v) is 20.7. The number of amides is 2. The van der Waals surface area contributed by atoms with Gasteiger partial charge in [0.05, 0.1) is 85.0 Å². The molecule has 1 aliphatic heterocycles. The zero-order valence-electron chi connectivity index (χ0n) is 19.9. The van der Waals surface area contributed by atoms with Gasteiger partial charge in [0.15, 0.2) is 0 Å². The largest absolute Gasteiger partial charge is 0.353 e. The van der Waals surface area contributed by atoms with Gasteiger partial charge in [0, 0.05) is 22.7 Å². The van der Waals surface area contributed by atoms with Crippen LogP contribution < -0.4 is 10.6 Å². The third-order valence-corrected chi connectivity index (χ3v) is 6.55. The summed E-state index contributed by atoms with van der Waals surface area (Å²) in [6.07, 6.45) is 0.141. The van der Waals surface area contributed by atoms with Gasteiger partial charge in [0.25, 0.3) is 5.91 Å². The highest BCUT2D eigenvalue weighted by Crippen LogP contribution is 2.42. The molecule has 1 saturated heterocycles. The Kier molecular flexibility index (Phi) is 9.22. The first-order valence-corrected chi connectivity index (χ1v) is 11.2. The quantitative estimate of drug-likeness (QED) is 0.420. The summed E-state index contributed by atoms with van der Waals surface area (Å²) in [7, 11) is 59.5. The molecule has 2 rings (SSSR count).